The van der Waals surface area contributed by atoms with Crippen LogP contribution < -0.4 is 9.47 Å². The molecule has 0 saturated heterocycles. The average Bonchev–Trinajstić information content (AvgIpc) is 2.47. The van der Waals surface area contributed by atoms with E-state index in [0.29, 0.717) is 23.3 Å². The minimum Gasteiger partial charge on any atom is -0.493 e. The van der Waals surface area contributed by atoms with Crippen LogP contribution in [0.2, 0.25) is 5.15 Å². The van der Waals surface area contributed by atoms with Crippen molar-refractivity contribution in [3.8, 4) is 11.5 Å². The first kappa shape index (κ1) is 14.9. The molecule has 0 saturated carbocycles. The minimum atomic E-state index is 0.419. The normalized spacial score (nSPS) is 10.8. The number of hydrogen-bond donors (Lipinski definition) is 0. The van der Waals surface area contributed by atoms with Crippen molar-refractivity contribution in [3.63, 3.8) is 0 Å². The number of methoxy groups -OCH3 is 1. The van der Waals surface area contributed by atoms with E-state index in [4.69, 9.17) is 21.1 Å². The monoisotopic (exact) mass is 294 g/mol. The van der Waals surface area contributed by atoms with Crippen molar-refractivity contribution < 1.29 is 9.47 Å². The average molecular weight is 295 g/mol. The molecule has 20 heavy (non-hydrogen) atoms. The second-order valence-corrected chi connectivity index (χ2v) is 4.95. The number of fused-ring (bicyclic) bond motifs is 1. The summed E-state index contributed by atoms with van der Waals surface area (Å²) >= 11 is 6.05. The van der Waals surface area contributed by atoms with Crippen LogP contribution in [0.1, 0.15) is 32.6 Å². The molecular weight excluding hydrogens is 276 g/mol. The summed E-state index contributed by atoms with van der Waals surface area (Å²) in [6, 6.07) is 3.67. The van der Waals surface area contributed by atoms with Crippen molar-refractivity contribution in [2.45, 2.75) is 32.6 Å². The summed E-state index contributed by atoms with van der Waals surface area (Å²) in [5.41, 5.74) is 0.759. The molecule has 0 aliphatic heterocycles. The zero-order valence-corrected chi connectivity index (χ0v) is 12.6. The van der Waals surface area contributed by atoms with Gasteiger partial charge in [0.15, 0.2) is 11.5 Å². The molecule has 0 aliphatic rings. The summed E-state index contributed by atoms with van der Waals surface area (Å²) in [7, 11) is 1.61. The lowest BCUT2D eigenvalue weighted by atomic mass is 10.2. The number of benzene rings is 1. The second-order valence-electron chi connectivity index (χ2n) is 4.59. The van der Waals surface area contributed by atoms with Gasteiger partial charge in [0.25, 0.3) is 0 Å². The summed E-state index contributed by atoms with van der Waals surface area (Å²) in [6.07, 6.45) is 6.12. The quantitative estimate of drug-likeness (QED) is 0.565. The van der Waals surface area contributed by atoms with Gasteiger partial charge in [-0.15, -0.1) is 0 Å². The first-order valence-electron chi connectivity index (χ1n) is 6.87. The largest absolute Gasteiger partial charge is 0.493 e. The molecule has 0 unspecified atom stereocenters. The summed E-state index contributed by atoms with van der Waals surface area (Å²) in [4.78, 5) is 8.17. The Labute approximate surface area is 124 Å². The summed E-state index contributed by atoms with van der Waals surface area (Å²) < 4.78 is 11.1. The summed E-state index contributed by atoms with van der Waals surface area (Å²) in [5, 5.41) is 1.19. The SMILES string of the molecule is CCCCCCOc1cc2ncnc(Cl)c2cc1OC. The fourth-order valence-corrected chi connectivity index (χ4v) is 2.21. The van der Waals surface area contributed by atoms with Crippen LogP contribution in [0.4, 0.5) is 0 Å². The van der Waals surface area contributed by atoms with Crippen molar-refractivity contribution in [2.24, 2.45) is 0 Å². The van der Waals surface area contributed by atoms with E-state index in [1.165, 1.54) is 25.6 Å². The van der Waals surface area contributed by atoms with Gasteiger partial charge in [0.05, 0.1) is 19.2 Å². The maximum atomic E-state index is 6.05. The maximum absolute atomic E-state index is 6.05. The van der Waals surface area contributed by atoms with Gasteiger partial charge in [0.1, 0.15) is 11.5 Å². The lowest BCUT2D eigenvalue weighted by molar-refractivity contribution is 0.285. The topological polar surface area (TPSA) is 44.2 Å². The van der Waals surface area contributed by atoms with Crippen molar-refractivity contribution in [1.29, 1.82) is 0 Å². The van der Waals surface area contributed by atoms with Gasteiger partial charge in [-0.3, -0.25) is 0 Å². The zero-order chi connectivity index (χ0) is 14.4. The highest BCUT2D eigenvalue weighted by Gasteiger charge is 2.10. The van der Waals surface area contributed by atoms with E-state index in [1.54, 1.807) is 7.11 Å². The molecule has 0 aliphatic carbocycles. The number of hydrogen-bond acceptors (Lipinski definition) is 4. The molecule has 1 heterocycles. The Balaban J connectivity index is 2.15. The third-order valence-corrected chi connectivity index (χ3v) is 3.43. The zero-order valence-electron chi connectivity index (χ0n) is 11.9. The molecule has 5 heteroatoms. The third-order valence-electron chi connectivity index (χ3n) is 3.13. The number of rotatable bonds is 7. The molecule has 0 fully saturated rings. The van der Waals surface area contributed by atoms with E-state index in [-0.39, 0.29) is 0 Å². The fraction of sp³-hybridized carbons (Fsp3) is 0.467. The van der Waals surface area contributed by atoms with Gasteiger partial charge in [-0.2, -0.15) is 0 Å². The molecule has 0 spiro atoms. The Morgan fingerprint density at radius 1 is 1.10 bits per heavy atom. The van der Waals surface area contributed by atoms with Crippen LogP contribution in [0.15, 0.2) is 18.5 Å². The first-order chi connectivity index (χ1) is 9.76. The highest BCUT2D eigenvalue weighted by molar-refractivity contribution is 6.34. The number of aromatic nitrogens is 2. The molecule has 108 valence electrons. The maximum Gasteiger partial charge on any atom is 0.163 e. The van der Waals surface area contributed by atoms with Crippen molar-refractivity contribution in [2.75, 3.05) is 13.7 Å². The second kappa shape index (κ2) is 7.29. The van der Waals surface area contributed by atoms with Crippen LogP contribution in [0.3, 0.4) is 0 Å². The molecule has 2 aromatic rings. The smallest absolute Gasteiger partial charge is 0.163 e. The number of halogens is 1. The van der Waals surface area contributed by atoms with Crippen molar-refractivity contribution in [1.82, 2.24) is 9.97 Å². The minimum absolute atomic E-state index is 0.419. The first-order valence-corrected chi connectivity index (χ1v) is 7.25. The molecular formula is C15H19ClN2O2. The Morgan fingerprint density at radius 3 is 2.70 bits per heavy atom. The van der Waals surface area contributed by atoms with Crippen LogP contribution in [-0.2, 0) is 0 Å². The van der Waals surface area contributed by atoms with Gasteiger partial charge >= 0.3 is 0 Å². The van der Waals surface area contributed by atoms with Gasteiger partial charge in [-0.05, 0) is 12.5 Å². The van der Waals surface area contributed by atoms with E-state index in [1.807, 2.05) is 12.1 Å². The van der Waals surface area contributed by atoms with E-state index < -0.39 is 0 Å². The van der Waals surface area contributed by atoms with Crippen molar-refractivity contribution in [3.05, 3.63) is 23.6 Å². The lowest BCUT2D eigenvalue weighted by Crippen LogP contribution is -2.00. The molecule has 0 bridgehead atoms. The Bertz CT molecular complexity index is 575. The third kappa shape index (κ3) is 3.51. The molecule has 1 aromatic carbocycles. The van der Waals surface area contributed by atoms with E-state index in [2.05, 4.69) is 16.9 Å². The molecule has 0 amide bonds. The van der Waals surface area contributed by atoms with Gasteiger partial charge in [0, 0.05) is 11.5 Å². The van der Waals surface area contributed by atoms with Crippen LogP contribution >= 0.6 is 11.6 Å². The predicted octanol–water partition coefficient (Wildman–Crippen LogP) is 4.25. The fourth-order valence-electron chi connectivity index (χ4n) is 2.02. The number of ether oxygens (including phenoxy) is 2. The number of unbranched alkanes of at least 4 members (excludes halogenated alkanes) is 3. The van der Waals surface area contributed by atoms with Crippen LogP contribution in [0, 0.1) is 0 Å². The Hall–Kier alpha value is -1.55. The van der Waals surface area contributed by atoms with Gasteiger partial charge < -0.3 is 9.47 Å². The van der Waals surface area contributed by atoms with Gasteiger partial charge in [-0.25, -0.2) is 9.97 Å². The molecule has 0 radical (unpaired) electrons. The van der Waals surface area contributed by atoms with Crippen LogP contribution in [0.25, 0.3) is 10.9 Å². The van der Waals surface area contributed by atoms with Gasteiger partial charge in [-0.1, -0.05) is 37.8 Å². The predicted molar refractivity (Wildman–Crippen MR) is 80.7 cm³/mol. The lowest BCUT2D eigenvalue weighted by Gasteiger charge is -2.12. The van der Waals surface area contributed by atoms with E-state index >= 15 is 0 Å². The molecule has 0 N–H and O–H groups in total. The highest BCUT2D eigenvalue weighted by atomic mass is 35.5. The molecule has 0 atom stereocenters. The van der Waals surface area contributed by atoms with E-state index in [0.717, 1.165) is 17.3 Å². The summed E-state index contributed by atoms with van der Waals surface area (Å²) in [5.74, 6) is 1.36. The van der Waals surface area contributed by atoms with E-state index in [9.17, 15) is 0 Å². The molecule has 1 aromatic heterocycles. The Morgan fingerprint density at radius 2 is 1.95 bits per heavy atom. The highest BCUT2D eigenvalue weighted by Crippen LogP contribution is 2.33. The summed E-state index contributed by atoms with van der Waals surface area (Å²) in [6.45, 7) is 2.87. The van der Waals surface area contributed by atoms with Crippen LogP contribution in [-0.4, -0.2) is 23.7 Å². The van der Waals surface area contributed by atoms with Crippen molar-refractivity contribution >= 4 is 22.5 Å². The van der Waals surface area contributed by atoms with Crippen LogP contribution in [0.5, 0.6) is 11.5 Å². The van der Waals surface area contributed by atoms with Gasteiger partial charge in [0.2, 0.25) is 0 Å². The number of nitrogens with zero attached hydrogens (tertiary/aromatic N) is 2. The standard InChI is InChI=1S/C15H19ClN2O2/c1-3-4-5-6-7-20-14-9-12-11(8-13(14)19-2)15(16)18-10-17-12/h8-10H,3-7H2,1-2H3. The Kier molecular flexibility index (Phi) is 5.41. The molecule has 2 rings (SSSR count). The molecule has 4 nitrogen and oxygen atoms in total.